The van der Waals surface area contributed by atoms with E-state index in [1.807, 2.05) is 0 Å². The molecule has 0 saturated heterocycles. The van der Waals surface area contributed by atoms with Gasteiger partial charge in [-0.15, -0.1) is 0 Å². The van der Waals surface area contributed by atoms with Gasteiger partial charge in [-0.3, -0.25) is 0 Å². The second-order valence-corrected chi connectivity index (χ2v) is 4.67. The highest BCUT2D eigenvalue weighted by Gasteiger charge is 2.21. The minimum Gasteiger partial charge on any atom is -0.478 e. The first-order valence-corrected chi connectivity index (χ1v) is 6.84. The summed E-state index contributed by atoms with van der Waals surface area (Å²) < 4.78 is 9.68. The second kappa shape index (κ2) is 8.70. The lowest BCUT2D eigenvalue weighted by Crippen LogP contribution is -2.18. The number of aliphatic hydroxyl groups is 1. The van der Waals surface area contributed by atoms with Gasteiger partial charge in [-0.1, -0.05) is 18.7 Å². The molecule has 7 nitrogen and oxygen atoms in total. The number of esters is 2. The van der Waals surface area contributed by atoms with Gasteiger partial charge in [0.1, 0.15) is 13.2 Å². The Kier molecular flexibility index (Phi) is 6.95. The van der Waals surface area contributed by atoms with Gasteiger partial charge >= 0.3 is 17.9 Å². The van der Waals surface area contributed by atoms with Crippen molar-refractivity contribution in [3.63, 3.8) is 0 Å². The maximum absolute atomic E-state index is 12.0. The molecule has 0 heterocycles. The Hall–Kier alpha value is -2.67. The molecule has 0 fully saturated rings. The predicted octanol–water partition coefficient (Wildman–Crippen LogP) is 1.20. The first-order valence-electron chi connectivity index (χ1n) is 6.84. The van der Waals surface area contributed by atoms with E-state index >= 15 is 0 Å². The molecule has 7 heteroatoms. The van der Waals surface area contributed by atoms with E-state index in [1.165, 1.54) is 25.1 Å². The number of carbonyl (C=O) groups excluding carboxylic acids is 2. The van der Waals surface area contributed by atoms with Crippen LogP contribution in [-0.4, -0.2) is 47.9 Å². The van der Waals surface area contributed by atoms with Crippen molar-refractivity contribution in [3.8, 4) is 0 Å². The van der Waals surface area contributed by atoms with Crippen molar-refractivity contribution in [2.45, 2.75) is 13.3 Å². The van der Waals surface area contributed by atoms with E-state index in [9.17, 15) is 19.5 Å². The fourth-order valence-electron chi connectivity index (χ4n) is 1.82. The molecule has 0 unspecified atom stereocenters. The van der Waals surface area contributed by atoms with Gasteiger partial charge in [0.15, 0.2) is 0 Å². The zero-order valence-corrected chi connectivity index (χ0v) is 12.7. The van der Waals surface area contributed by atoms with Gasteiger partial charge in [-0.25, -0.2) is 14.4 Å². The Balaban J connectivity index is 2.76. The molecule has 0 aromatic heterocycles. The van der Waals surface area contributed by atoms with Crippen LogP contribution in [0.25, 0.3) is 0 Å². The molecule has 2 N–H and O–H groups in total. The molecule has 1 aromatic carbocycles. The predicted molar refractivity (Wildman–Crippen MR) is 80.2 cm³/mol. The molecule has 124 valence electrons. The molecule has 0 aliphatic heterocycles. The van der Waals surface area contributed by atoms with Crippen molar-refractivity contribution < 1.29 is 34.1 Å². The molecule has 0 saturated carbocycles. The van der Waals surface area contributed by atoms with Crippen molar-refractivity contribution in [2.75, 3.05) is 19.8 Å². The van der Waals surface area contributed by atoms with E-state index in [0.717, 1.165) is 0 Å². The van der Waals surface area contributed by atoms with Gasteiger partial charge in [0.25, 0.3) is 0 Å². The van der Waals surface area contributed by atoms with E-state index in [2.05, 4.69) is 6.58 Å². The van der Waals surface area contributed by atoms with Gasteiger partial charge in [-0.2, -0.15) is 0 Å². The number of carboxylic acids is 1. The molecule has 0 bridgehead atoms. The lowest BCUT2D eigenvalue weighted by atomic mass is 9.99. The van der Waals surface area contributed by atoms with Crippen LogP contribution in [0, 0.1) is 0 Å². The number of hydrogen-bond acceptors (Lipinski definition) is 6. The highest BCUT2D eigenvalue weighted by atomic mass is 16.6. The minimum absolute atomic E-state index is 0.110. The summed E-state index contributed by atoms with van der Waals surface area (Å²) in [7, 11) is 0. The molecule has 23 heavy (non-hydrogen) atoms. The highest BCUT2D eigenvalue weighted by molar-refractivity contribution is 6.03. The summed E-state index contributed by atoms with van der Waals surface area (Å²) >= 11 is 0. The Labute approximate surface area is 133 Å². The first kappa shape index (κ1) is 18.4. The monoisotopic (exact) mass is 322 g/mol. The van der Waals surface area contributed by atoms with Crippen LogP contribution in [0.4, 0.5) is 0 Å². The third-order valence-electron chi connectivity index (χ3n) is 2.86. The number of rotatable bonds is 8. The van der Waals surface area contributed by atoms with Crippen LogP contribution >= 0.6 is 0 Å². The summed E-state index contributed by atoms with van der Waals surface area (Å²) in [6, 6.07) is 4.35. The van der Waals surface area contributed by atoms with Gasteiger partial charge in [-0.05, 0) is 25.0 Å². The summed E-state index contributed by atoms with van der Waals surface area (Å²) in [5, 5.41) is 18.2. The molecule has 0 aliphatic carbocycles. The zero-order valence-electron chi connectivity index (χ0n) is 12.7. The third kappa shape index (κ3) is 5.23. The number of ether oxygens (including phenoxy) is 2. The lowest BCUT2D eigenvalue weighted by Gasteiger charge is -2.11. The van der Waals surface area contributed by atoms with Crippen LogP contribution < -0.4 is 0 Å². The van der Waals surface area contributed by atoms with Crippen molar-refractivity contribution in [1.29, 1.82) is 0 Å². The third-order valence-corrected chi connectivity index (χ3v) is 2.86. The molecule has 1 aromatic rings. The van der Waals surface area contributed by atoms with E-state index < -0.39 is 17.9 Å². The van der Waals surface area contributed by atoms with E-state index in [1.54, 1.807) is 0 Å². The number of benzene rings is 1. The van der Waals surface area contributed by atoms with E-state index in [-0.39, 0.29) is 42.9 Å². The summed E-state index contributed by atoms with van der Waals surface area (Å²) in [6.45, 7) is 4.29. The molecular weight excluding hydrogens is 304 g/mol. The van der Waals surface area contributed by atoms with Crippen molar-refractivity contribution in [3.05, 3.63) is 47.0 Å². The number of aliphatic hydroxyl groups excluding tert-OH is 1. The van der Waals surface area contributed by atoms with Crippen LogP contribution in [0.5, 0.6) is 0 Å². The summed E-state index contributed by atoms with van der Waals surface area (Å²) in [5.41, 5.74) is 0.240. The Bertz CT molecular complexity index is 619. The Morgan fingerprint density at radius 1 is 1.17 bits per heavy atom. The maximum Gasteiger partial charge on any atom is 0.339 e. The summed E-state index contributed by atoms with van der Waals surface area (Å²) in [4.78, 5) is 34.5. The number of aromatic carboxylic acids is 1. The Morgan fingerprint density at radius 3 is 2.39 bits per heavy atom. The highest BCUT2D eigenvalue weighted by Crippen LogP contribution is 2.17. The molecule has 0 radical (unpaired) electrons. The molecule has 0 spiro atoms. The van der Waals surface area contributed by atoms with Crippen LogP contribution in [0.1, 0.15) is 33.2 Å². The normalized spacial score (nSPS) is 10.0. The molecule has 0 atom stereocenters. The lowest BCUT2D eigenvalue weighted by molar-refractivity contribution is -0.140. The van der Waals surface area contributed by atoms with Crippen molar-refractivity contribution in [2.24, 2.45) is 0 Å². The van der Waals surface area contributed by atoms with Crippen LogP contribution in [0.15, 0.2) is 30.4 Å². The second-order valence-electron chi connectivity index (χ2n) is 4.67. The quantitative estimate of drug-likeness (QED) is 0.420. The van der Waals surface area contributed by atoms with Crippen LogP contribution in [0.2, 0.25) is 0 Å². The SMILES string of the molecule is C=C(C)C(=O)OCCOC(=O)c1cccc(CCO)c1C(=O)O. The van der Waals surface area contributed by atoms with Crippen LogP contribution in [-0.2, 0) is 20.7 Å². The average Bonchev–Trinajstić information content (AvgIpc) is 2.50. The van der Waals surface area contributed by atoms with Gasteiger partial charge in [0.2, 0.25) is 0 Å². The van der Waals surface area contributed by atoms with Gasteiger partial charge in [0.05, 0.1) is 11.1 Å². The number of carboxylic acid groups (broad SMARTS) is 1. The van der Waals surface area contributed by atoms with E-state index in [0.29, 0.717) is 5.56 Å². The maximum atomic E-state index is 12.0. The fraction of sp³-hybridized carbons (Fsp3) is 0.312. The summed E-state index contributed by atoms with van der Waals surface area (Å²) in [6.07, 6.45) is 0.110. The van der Waals surface area contributed by atoms with Gasteiger partial charge in [0, 0.05) is 12.2 Å². The number of hydrogen-bond donors (Lipinski definition) is 2. The Morgan fingerprint density at radius 2 is 1.83 bits per heavy atom. The largest absolute Gasteiger partial charge is 0.478 e. The van der Waals surface area contributed by atoms with Crippen molar-refractivity contribution in [1.82, 2.24) is 0 Å². The molecule has 0 aliphatic rings. The van der Waals surface area contributed by atoms with Crippen molar-refractivity contribution >= 4 is 17.9 Å². The number of carbonyl (C=O) groups is 3. The molecular formula is C16H18O7. The van der Waals surface area contributed by atoms with E-state index in [4.69, 9.17) is 14.6 Å². The summed E-state index contributed by atoms with van der Waals surface area (Å²) in [5.74, 6) is -2.72. The smallest absolute Gasteiger partial charge is 0.339 e. The van der Waals surface area contributed by atoms with Crippen LogP contribution in [0.3, 0.4) is 0 Å². The zero-order chi connectivity index (χ0) is 17.4. The average molecular weight is 322 g/mol. The topological polar surface area (TPSA) is 110 Å². The first-order chi connectivity index (χ1) is 10.9. The minimum atomic E-state index is -1.28. The van der Waals surface area contributed by atoms with Gasteiger partial charge < -0.3 is 19.7 Å². The standard InChI is InChI=1S/C16H18O7/c1-10(2)15(20)22-8-9-23-16(21)12-5-3-4-11(6-7-17)13(12)14(18)19/h3-5,17H,1,6-9H2,2H3,(H,18,19). The fourth-order valence-corrected chi connectivity index (χ4v) is 1.82. The molecule has 0 amide bonds. The molecule has 1 rings (SSSR count).